The fourth-order valence-corrected chi connectivity index (χ4v) is 2.73. The van der Waals surface area contributed by atoms with E-state index in [1.165, 1.54) is 4.88 Å². The molecule has 0 aromatic carbocycles. The standard InChI is InChI=1S/C15H20N4OS/c1-11(2)19(10-13-6-4-8-21-13)9-12-5-3-7-14(17-12)15(20)18-16/h3-8,11H,9-10,16H2,1-2H3,(H,18,20). The van der Waals surface area contributed by atoms with Crippen LogP contribution in [0.4, 0.5) is 0 Å². The number of carbonyl (C=O) groups is 1. The van der Waals surface area contributed by atoms with Gasteiger partial charge in [0, 0.05) is 24.0 Å². The van der Waals surface area contributed by atoms with Gasteiger partial charge < -0.3 is 0 Å². The van der Waals surface area contributed by atoms with Crippen molar-refractivity contribution in [1.29, 1.82) is 0 Å². The quantitative estimate of drug-likeness (QED) is 0.487. The maximum absolute atomic E-state index is 11.5. The minimum absolute atomic E-state index is 0.342. The number of thiophene rings is 1. The van der Waals surface area contributed by atoms with E-state index in [1.807, 2.05) is 12.1 Å². The summed E-state index contributed by atoms with van der Waals surface area (Å²) in [5, 5.41) is 2.08. The molecule has 0 bridgehead atoms. The second kappa shape index (κ2) is 7.31. The Bertz CT molecular complexity index is 583. The normalized spacial score (nSPS) is 11.1. The summed E-state index contributed by atoms with van der Waals surface area (Å²) in [7, 11) is 0. The molecule has 0 aliphatic carbocycles. The summed E-state index contributed by atoms with van der Waals surface area (Å²) < 4.78 is 0. The smallest absolute Gasteiger partial charge is 0.283 e. The van der Waals surface area contributed by atoms with Crippen LogP contribution in [0.1, 0.15) is 34.9 Å². The zero-order valence-electron chi connectivity index (χ0n) is 12.2. The van der Waals surface area contributed by atoms with Crippen LogP contribution in [0, 0.1) is 0 Å². The van der Waals surface area contributed by atoms with E-state index >= 15 is 0 Å². The third kappa shape index (κ3) is 4.35. The Hall–Kier alpha value is -1.76. The van der Waals surface area contributed by atoms with E-state index in [1.54, 1.807) is 17.4 Å². The predicted octanol–water partition coefficient (Wildman–Crippen LogP) is 2.16. The minimum Gasteiger partial charge on any atom is -0.290 e. The molecule has 0 aliphatic rings. The van der Waals surface area contributed by atoms with E-state index in [0.717, 1.165) is 12.2 Å². The van der Waals surface area contributed by atoms with Crippen LogP contribution in [0.5, 0.6) is 0 Å². The highest BCUT2D eigenvalue weighted by Crippen LogP contribution is 2.16. The summed E-state index contributed by atoms with van der Waals surface area (Å²) in [6.45, 7) is 5.89. The Labute approximate surface area is 128 Å². The van der Waals surface area contributed by atoms with Crippen molar-refractivity contribution in [2.75, 3.05) is 0 Å². The first-order valence-electron chi connectivity index (χ1n) is 6.83. The Balaban J connectivity index is 2.11. The Morgan fingerprint density at radius 1 is 1.33 bits per heavy atom. The highest BCUT2D eigenvalue weighted by atomic mass is 32.1. The maximum atomic E-state index is 11.5. The molecule has 0 atom stereocenters. The van der Waals surface area contributed by atoms with Crippen LogP contribution in [0.25, 0.3) is 0 Å². The number of hydrogen-bond donors (Lipinski definition) is 2. The van der Waals surface area contributed by atoms with Crippen LogP contribution in [-0.2, 0) is 13.1 Å². The number of amides is 1. The van der Waals surface area contributed by atoms with Gasteiger partial charge >= 0.3 is 0 Å². The first-order valence-corrected chi connectivity index (χ1v) is 7.71. The molecule has 112 valence electrons. The number of nitrogens with zero attached hydrogens (tertiary/aromatic N) is 2. The molecule has 3 N–H and O–H groups in total. The molecule has 1 amide bonds. The molecule has 2 rings (SSSR count). The molecule has 0 spiro atoms. The van der Waals surface area contributed by atoms with Crippen LogP contribution in [-0.4, -0.2) is 21.8 Å². The lowest BCUT2D eigenvalue weighted by Gasteiger charge is -2.25. The molecule has 0 saturated heterocycles. The zero-order chi connectivity index (χ0) is 15.2. The van der Waals surface area contributed by atoms with Crippen molar-refractivity contribution in [1.82, 2.24) is 15.3 Å². The Morgan fingerprint density at radius 2 is 2.14 bits per heavy atom. The summed E-state index contributed by atoms with van der Waals surface area (Å²) in [5.41, 5.74) is 3.31. The SMILES string of the molecule is CC(C)N(Cc1cccc(C(=O)NN)n1)Cc1cccs1. The summed E-state index contributed by atoms with van der Waals surface area (Å²) >= 11 is 1.75. The Kier molecular flexibility index (Phi) is 5.44. The average Bonchev–Trinajstić information content (AvgIpc) is 2.99. The highest BCUT2D eigenvalue weighted by Gasteiger charge is 2.13. The average molecular weight is 304 g/mol. The summed E-state index contributed by atoms with van der Waals surface area (Å²) in [5.74, 6) is 4.78. The second-order valence-electron chi connectivity index (χ2n) is 5.07. The number of aromatic nitrogens is 1. The molecule has 0 aliphatic heterocycles. The monoisotopic (exact) mass is 304 g/mol. The van der Waals surface area contributed by atoms with Gasteiger partial charge in [0.05, 0.1) is 5.69 Å². The van der Waals surface area contributed by atoms with Gasteiger partial charge in [-0.2, -0.15) is 0 Å². The molecule has 0 unspecified atom stereocenters. The van der Waals surface area contributed by atoms with Crippen LogP contribution < -0.4 is 11.3 Å². The molecular formula is C15H20N4OS. The molecule has 2 heterocycles. The molecule has 0 fully saturated rings. The van der Waals surface area contributed by atoms with Crippen LogP contribution >= 0.6 is 11.3 Å². The van der Waals surface area contributed by atoms with E-state index in [0.29, 0.717) is 18.3 Å². The van der Waals surface area contributed by atoms with Crippen molar-refractivity contribution >= 4 is 17.2 Å². The van der Waals surface area contributed by atoms with Gasteiger partial charge in [0.2, 0.25) is 0 Å². The number of hydrazine groups is 1. The van der Waals surface area contributed by atoms with E-state index in [2.05, 4.69) is 46.7 Å². The first-order chi connectivity index (χ1) is 10.1. The van der Waals surface area contributed by atoms with Crippen molar-refractivity contribution in [3.05, 3.63) is 52.0 Å². The van der Waals surface area contributed by atoms with Gasteiger partial charge in [-0.25, -0.2) is 10.8 Å². The van der Waals surface area contributed by atoms with Crippen molar-refractivity contribution < 1.29 is 4.79 Å². The van der Waals surface area contributed by atoms with Crippen LogP contribution in [0.2, 0.25) is 0 Å². The van der Waals surface area contributed by atoms with Crippen molar-refractivity contribution in [2.24, 2.45) is 5.84 Å². The fraction of sp³-hybridized carbons (Fsp3) is 0.333. The molecular weight excluding hydrogens is 284 g/mol. The van der Waals surface area contributed by atoms with Gasteiger partial charge in [-0.05, 0) is 37.4 Å². The molecule has 6 heteroatoms. The van der Waals surface area contributed by atoms with Gasteiger partial charge in [-0.3, -0.25) is 15.1 Å². The number of rotatable bonds is 6. The number of nitrogen functional groups attached to an aromatic ring is 1. The van der Waals surface area contributed by atoms with Crippen LogP contribution in [0.15, 0.2) is 35.7 Å². The van der Waals surface area contributed by atoms with Crippen molar-refractivity contribution in [3.8, 4) is 0 Å². The van der Waals surface area contributed by atoms with Gasteiger partial charge in [0.1, 0.15) is 5.69 Å². The van der Waals surface area contributed by atoms with Gasteiger partial charge in [-0.15, -0.1) is 11.3 Å². The van der Waals surface area contributed by atoms with E-state index < -0.39 is 0 Å². The molecule has 0 radical (unpaired) electrons. The highest BCUT2D eigenvalue weighted by molar-refractivity contribution is 7.09. The van der Waals surface area contributed by atoms with E-state index in [-0.39, 0.29) is 5.91 Å². The number of pyridine rings is 1. The van der Waals surface area contributed by atoms with Gasteiger partial charge in [0.15, 0.2) is 0 Å². The predicted molar refractivity (Wildman–Crippen MR) is 84.6 cm³/mol. The molecule has 21 heavy (non-hydrogen) atoms. The lowest BCUT2D eigenvalue weighted by molar-refractivity contribution is 0.0948. The third-order valence-corrected chi connectivity index (χ3v) is 4.07. The first kappa shape index (κ1) is 15.6. The lowest BCUT2D eigenvalue weighted by Crippen LogP contribution is -2.32. The number of hydrogen-bond acceptors (Lipinski definition) is 5. The van der Waals surface area contributed by atoms with Crippen molar-refractivity contribution in [2.45, 2.75) is 33.0 Å². The van der Waals surface area contributed by atoms with E-state index in [4.69, 9.17) is 5.84 Å². The van der Waals surface area contributed by atoms with Crippen LogP contribution in [0.3, 0.4) is 0 Å². The molecule has 2 aromatic rings. The molecule has 0 saturated carbocycles. The van der Waals surface area contributed by atoms with E-state index in [9.17, 15) is 4.79 Å². The molecule has 5 nitrogen and oxygen atoms in total. The number of carbonyl (C=O) groups excluding carboxylic acids is 1. The number of nitrogens with two attached hydrogens (primary N) is 1. The Morgan fingerprint density at radius 3 is 2.76 bits per heavy atom. The zero-order valence-corrected chi connectivity index (χ0v) is 13.1. The third-order valence-electron chi connectivity index (χ3n) is 3.20. The largest absolute Gasteiger partial charge is 0.290 e. The lowest BCUT2D eigenvalue weighted by atomic mass is 10.2. The summed E-state index contributed by atoms with van der Waals surface area (Å²) in [6, 6.07) is 9.99. The maximum Gasteiger partial charge on any atom is 0.283 e. The van der Waals surface area contributed by atoms with Gasteiger partial charge in [-0.1, -0.05) is 12.1 Å². The van der Waals surface area contributed by atoms with Gasteiger partial charge in [0.25, 0.3) is 5.91 Å². The summed E-state index contributed by atoms with van der Waals surface area (Å²) in [4.78, 5) is 19.5. The summed E-state index contributed by atoms with van der Waals surface area (Å²) in [6.07, 6.45) is 0. The number of nitrogens with one attached hydrogen (secondary N) is 1. The topological polar surface area (TPSA) is 71.2 Å². The second-order valence-corrected chi connectivity index (χ2v) is 6.10. The fourth-order valence-electron chi connectivity index (χ4n) is 2.00. The van der Waals surface area contributed by atoms with Crippen molar-refractivity contribution in [3.63, 3.8) is 0 Å². The molecule has 2 aromatic heterocycles. The minimum atomic E-state index is -0.369.